The molecule has 17 heavy (non-hydrogen) atoms. The van der Waals surface area contributed by atoms with Crippen molar-refractivity contribution in [1.29, 1.82) is 0 Å². The number of benzene rings is 1. The number of hydrogen-bond acceptors (Lipinski definition) is 2. The lowest BCUT2D eigenvalue weighted by Gasteiger charge is -2.11. The predicted octanol–water partition coefficient (Wildman–Crippen LogP) is 3.84. The number of Topliss-reactive ketones (excluding diaryl/α,β-unsaturated/α-hetero) is 1. The molecule has 1 saturated carbocycles. The summed E-state index contributed by atoms with van der Waals surface area (Å²) in [6.45, 7) is 2.53. The van der Waals surface area contributed by atoms with Crippen LogP contribution in [0.25, 0.3) is 0 Å². The third kappa shape index (κ3) is 3.93. The number of rotatable bonds is 6. The lowest BCUT2D eigenvalue weighted by Crippen LogP contribution is -2.21. The second-order valence-electron chi connectivity index (χ2n) is 4.62. The van der Waals surface area contributed by atoms with Crippen LogP contribution in [0.5, 0.6) is 0 Å². The van der Waals surface area contributed by atoms with Crippen molar-refractivity contribution in [3.05, 3.63) is 34.3 Å². The standard InChI is InChI=1S/C14H17BrO2/c1-10(17-9-8-11-2-3-11)14(16)12-4-6-13(15)7-5-12/h4-7,10-11H,2-3,8-9H2,1H3. The number of ether oxygens (including phenoxy) is 1. The van der Waals surface area contributed by atoms with Crippen LogP contribution in [0.3, 0.4) is 0 Å². The second kappa shape index (κ2) is 5.78. The molecule has 1 unspecified atom stereocenters. The smallest absolute Gasteiger partial charge is 0.191 e. The van der Waals surface area contributed by atoms with Gasteiger partial charge < -0.3 is 4.74 Å². The minimum Gasteiger partial charge on any atom is -0.370 e. The largest absolute Gasteiger partial charge is 0.370 e. The van der Waals surface area contributed by atoms with Crippen LogP contribution < -0.4 is 0 Å². The molecular weight excluding hydrogens is 280 g/mol. The van der Waals surface area contributed by atoms with Crippen LogP contribution >= 0.6 is 15.9 Å². The van der Waals surface area contributed by atoms with E-state index >= 15 is 0 Å². The maximum atomic E-state index is 12.0. The lowest BCUT2D eigenvalue weighted by molar-refractivity contribution is 0.0457. The summed E-state index contributed by atoms with van der Waals surface area (Å²) in [5, 5.41) is 0. The van der Waals surface area contributed by atoms with Crippen LogP contribution in [-0.2, 0) is 4.74 Å². The fraction of sp³-hybridized carbons (Fsp3) is 0.500. The van der Waals surface area contributed by atoms with Gasteiger partial charge in [0.1, 0.15) is 6.10 Å². The Morgan fingerprint density at radius 2 is 2.06 bits per heavy atom. The van der Waals surface area contributed by atoms with E-state index in [0.717, 1.165) is 16.8 Å². The highest BCUT2D eigenvalue weighted by Gasteiger charge is 2.22. The zero-order valence-electron chi connectivity index (χ0n) is 9.99. The molecule has 0 heterocycles. The maximum Gasteiger partial charge on any atom is 0.191 e. The van der Waals surface area contributed by atoms with E-state index in [1.54, 1.807) is 0 Å². The fourth-order valence-corrected chi connectivity index (χ4v) is 2.01. The van der Waals surface area contributed by atoms with Gasteiger partial charge in [0.2, 0.25) is 0 Å². The molecule has 1 aliphatic carbocycles. The van der Waals surface area contributed by atoms with Crippen molar-refractivity contribution in [3.8, 4) is 0 Å². The van der Waals surface area contributed by atoms with Crippen molar-refractivity contribution in [3.63, 3.8) is 0 Å². The van der Waals surface area contributed by atoms with Gasteiger partial charge in [0.15, 0.2) is 5.78 Å². The fourth-order valence-electron chi connectivity index (χ4n) is 1.74. The average molecular weight is 297 g/mol. The van der Waals surface area contributed by atoms with Crippen LogP contribution in [0.15, 0.2) is 28.7 Å². The highest BCUT2D eigenvalue weighted by atomic mass is 79.9. The molecule has 1 aromatic rings. The summed E-state index contributed by atoms with van der Waals surface area (Å²) >= 11 is 3.35. The molecule has 1 aliphatic rings. The molecule has 0 radical (unpaired) electrons. The zero-order chi connectivity index (χ0) is 12.3. The molecule has 0 aliphatic heterocycles. The predicted molar refractivity (Wildman–Crippen MR) is 71.2 cm³/mol. The first-order chi connectivity index (χ1) is 8.16. The molecule has 0 spiro atoms. The summed E-state index contributed by atoms with van der Waals surface area (Å²) in [6.07, 6.45) is 3.42. The first-order valence-electron chi connectivity index (χ1n) is 6.08. The Balaban J connectivity index is 1.82. The lowest BCUT2D eigenvalue weighted by atomic mass is 10.1. The Bertz CT molecular complexity index is 382. The van der Waals surface area contributed by atoms with Crippen LogP contribution in [0.1, 0.15) is 36.5 Å². The Morgan fingerprint density at radius 3 is 2.65 bits per heavy atom. The molecule has 3 heteroatoms. The van der Waals surface area contributed by atoms with Gasteiger partial charge in [-0.15, -0.1) is 0 Å². The van der Waals surface area contributed by atoms with Crippen molar-refractivity contribution in [2.45, 2.75) is 32.3 Å². The topological polar surface area (TPSA) is 26.3 Å². The highest BCUT2D eigenvalue weighted by molar-refractivity contribution is 9.10. The third-order valence-corrected chi connectivity index (χ3v) is 3.62. The van der Waals surface area contributed by atoms with Crippen LogP contribution in [0, 0.1) is 5.92 Å². The minimum atomic E-state index is -0.338. The molecule has 0 saturated heterocycles. The Kier molecular flexibility index (Phi) is 4.35. The molecule has 2 rings (SSSR count). The maximum absolute atomic E-state index is 12.0. The molecule has 0 bridgehead atoms. The van der Waals surface area contributed by atoms with E-state index in [9.17, 15) is 4.79 Å². The van der Waals surface area contributed by atoms with Gasteiger partial charge in [-0.25, -0.2) is 0 Å². The Labute approximate surface area is 110 Å². The number of carbonyl (C=O) groups excluding carboxylic acids is 1. The number of hydrogen-bond donors (Lipinski definition) is 0. The molecule has 0 aromatic heterocycles. The first-order valence-corrected chi connectivity index (χ1v) is 6.87. The summed E-state index contributed by atoms with van der Waals surface area (Å²) in [4.78, 5) is 12.0. The van der Waals surface area contributed by atoms with Gasteiger partial charge >= 0.3 is 0 Å². The van der Waals surface area contributed by atoms with Gasteiger partial charge in [-0.3, -0.25) is 4.79 Å². The summed E-state index contributed by atoms with van der Waals surface area (Å²) in [7, 11) is 0. The normalized spacial score (nSPS) is 16.8. The van der Waals surface area contributed by atoms with Crippen molar-refractivity contribution in [2.75, 3.05) is 6.61 Å². The monoisotopic (exact) mass is 296 g/mol. The molecule has 0 N–H and O–H groups in total. The van der Waals surface area contributed by atoms with E-state index in [1.807, 2.05) is 31.2 Å². The van der Waals surface area contributed by atoms with Gasteiger partial charge in [-0.05, 0) is 31.4 Å². The van der Waals surface area contributed by atoms with Crippen molar-refractivity contribution in [2.24, 2.45) is 5.92 Å². The van der Waals surface area contributed by atoms with Gasteiger partial charge in [-0.1, -0.05) is 40.9 Å². The molecule has 0 amide bonds. The van der Waals surface area contributed by atoms with Gasteiger partial charge in [-0.2, -0.15) is 0 Å². The summed E-state index contributed by atoms with van der Waals surface area (Å²) in [6, 6.07) is 7.41. The highest BCUT2D eigenvalue weighted by Crippen LogP contribution is 2.32. The molecule has 92 valence electrons. The first kappa shape index (κ1) is 12.8. The molecule has 1 atom stereocenters. The summed E-state index contributed by atoms with van der Waals surface area (Å²) < 4.78 is 6.56. The minimum absolute atomic E-state index is 0.0632. The number of carbonyl (C=O) groups is 1. The molecule has 1 aromatic carbocycles. The zero-order valence-corrected chi connectivity index (χ0v) is 11.6. The van der Waals surface area contributed by atoms with E-state index in [4.69, 9.17) is 4.74 Å². The average Bonchev–Trinajstić information content (AvgIpc) is 3.13. The van der Waals surface area contributed by atoms with E-state index in [2.05, 4.69) is 15.9 Å². The Hall–Kier alpha value is -0.670. The molecular formula is C14H17BrO2. The van der Waals surface area contributed by atoms with E-state index < -0.39 is 0 Å². The van der Waals surface area contributed by atoms with E-state index in [0.29, 0.717) is 12.2 Å². The second-order valence-corrected chi connectivity index (χ2v) is 5.53. The van der Waals surface area contributed by atoms with Crippen LogP contribution in [-0.4, -0.2) is 18.5 Å². The van der Waals surface area contributed by atoms with Crippen LogP contribution in [0.2, 0.25) is 0 Å². The van der Waals surface area contributed by atoms with Crippen LogP contribution in [0.4, 0.5) is 0 Å². The quantitative estimate of drug-likeness (QED) is 0.746. The SMILES string of the molecule is CC(OCCC1CC1)C(=O)c1ccc(Br)cc1. The molecule has 1 fully saturated rings. The van der Waals surface area contributed by atoms with Gasteiger partial charge in [0.05, 0.1) is 0 Å². The summed E-state index contributed by atoms with van der Waals surface area (Å²) in [5.74, 6) is 0.915. The van der Waals surface area contributed by atoms with Crippen molar-refractivity contribution >= 4 is 21.7 Å². The summed E-state index contributed by atoms with van der Waals surface area (Å²) in [5.41, 5.74) is 0.715. The number of halogens is 1. The molecule has 2 nitrogen and oxygen atoms in total. The number of ketones is 1. The Morgan fingerprint density at radius 1 is 1.41 bits per heavy atom. The third-order valence-electron chi connectivity index (χ3n) is 3.09. The van der Waals surface area contributed by atoms with Gasteiger partial charge in [0, 0.05) is 16.6 Å². The van der Waals surface area contributed by atoms with E-state index in [-0.39, 0.29) is 11.9 Å². The van der Waals surface area contributed by atoms with Crippen molar-refractivity contribution < 1.29 is 9.53 Å². The van der Waals surface area contributed by atoms with Crippen molar-refractivity contribution in [1.82, 2.24) is 0 Å². The van der Waals surface area contributed by atoms with E-state index in [1.165, 1.54) is 12.8 Å². The van der Waals surface area contributed by atoms with Gasteiger partial charge in [0.25, 0.3) is 0 Å².